The summed E-state index contributed by atoms with van der Waals surface area (Å²) in [6, 6.07) is 11.2. The molecule has 7 nitrogen and oxygen atoms in total. The summed E-state index contributed by atoms with van der Waals surface area (Å²) in [5.74, 6) is 3.35. The van der Waals surface area contributed by atoms with E-state index in [1.165, 1.54) is 10.4 Å². The third kappa shape index (κ3) is 3.11. The van der Waals surface area contributed by atoms with Gasteiger partial charge >= 0.3 is 0 Å². The highest BCUT2D eigenvalue weighted by molar-refractivity contribution is 7.18. The Morgan fingerprint density at radius 1 is 1.07 bits per heavy atom. The largest absolute Gasteiger partial charge is 0.497 e. The summed E-state index contributed by atoms with van der Waals surface area (Å²) in [6.07, 6.45) is 1.69. The van der Waals surface area contributed by atoms with E-state index in [1.54, 1.807) is 29.3 Å². The minimum atomic E-state index is 0.314. The van der Waals surface area contributed by atoms with Gasteiger partial charge in [-0.05, 0) is 55.8 Å². The highest BCUT2D eigenvalue weighted by Gasteiger charge is 2.17. The van der Waals surface area contributed by atoms with E-state index in [1.807, 2.05) is 36.4 Å². The maximum absolute atomic E-state index is 5.91. The molecule has 0 atom stereocenters. The number of aryl methyl sites for hydroxylation is 2. The lowest BCUT2D eigenvalue weighted by atomic mass is 10.2. The number of aromatic nitrogens is 4. The number of hydrogen-bond acceptors (Lipinski definition) is 7. The zero-order valence-electron chi connectivity index (χ0n) is 16.2. The van der Waals surface area contributed by atoms with Crippen molar-refractivity contribution in [3.05, 3.63) is 58.9 Å². The molecule has 0 aliphatic heterocycles. The number of methoxy groups -OCH3 is 1. The average molecular weight is 406 g/mol. The van der Waals surface area contributed by atoms with E-state index in [4.69, 9.17) is 18.9 Å². The van der Waals surface area contributed by atoms with Crippen molar-refractivity contribution in [2.24, 2.45) is 0 Å². The molecule has 8 heteroatoms. The fourth-order valence-electron chi connectivity index (χ4n) is 3.15. The fourth-order valence-corrected chi connectivity index (χ4v) is 4.14. The van der Waals surface area contributed by atoms with Crippen LogP contribution in [0.1, 0.15) is 16.2 Å². The first kappa shape index (κ1) is 17.7. The summed E-state index contributed by atoms with van der Waals surface area (Å²) >= 11 is 1.67. The molecule has 0 saturated carbocycles. The molecule has 0 aliphatic carbocycles. The van der Waals surface area contributed by atoms with Crippen LogP contribution in [-0.4, -0.2) is 26.7 Å². The molecule has 5 rings (SSSR count). The highest BCUT2D eigenvalue weighted by atomic mass is 32.1. The topological polar surface area (TPSA) is 74.7 Å². The first-order valence-corrected chi connectivity index (χ1v) is 9.91. The Morgan fingerprint density at radius 3 is 2.66 bits per heavy atom. The lowest BCUT2D eigenvalue weighted by Crippen LogP contribution is -1.93. The Labute approximate surface area is 170 Å². The van der Waals surface area contributed by atoms with Gasteiger partial charge in [0.25, 0.3) is 0 Å². The SMILES string of the molecule is COc1ccc(OCc2ccc(-c3nc4c5c(C)c(C)sc5ncn4n3)o2)cc1. The molecule has 0 fully saturated rings. The second kappa shape index (κ2) is 6.89. The van der Waals surface area contributed by atoms with Crippen LogP contribution in [-0.2, 0) is 6.61 Å². The van der Waals surface area contributed by atoms with Crippen LogP contribution in [0.2, 0.25) is 0 Å². The maximum atomic E-state index is 5.91. The minimum absolute atomic E-state index is 0.314. The number of rotatable bonds is 5. The van der Waals surface area contributed by atoms with Crippen LogP contribution >= 0.6 is 11.3 Å². The molecule has 0 unspecified atom stereocenters. The van der Waals surface area contributed by atoms with Crippen LogP contribution in [0.25, 0.3) is 27.4 Å². The third-order valence-electron chi connectivity index (χ3n) is 4.83. The molecule has 1 aromatic carbocycles. The Hall–Kier alpha value is -3.39. The molecule has 5 aromatic rings. The van der Waals surface area contributed by atoms with E-state index in [9.17, 15) is 0 Å². The Balaban J connectivity index is 1.40. The van der Waals surface area contributed by atoms with Gasteiger partial charge < -0.3 is 13.9 Å². The zero-order valence-corrected chi connectivity index (χ0v) is 17.0. The van der Waals surface area contributed by atoms with Crippen molar-refractivity contribution in [1.29, 1.82) is 0 Å². The van der Waals surface area contributed by atoms with Crippen LogP contribution < -0.4 is 9.47 Å². The predicted octanol–water partition coefficient (Wildman–Crippen LogP) is 4.80. The molecule has 0 aliphatic rings. The molecule has 4 aromatic heterocycles. The van der Waals surface area contributed by atoms with Crippen LogP contribution in [0, 0.1) is 13.8 Å². The summed E-state index contributed by atoms with van der Waals surface area (Å²) in [5, 5.41) is 5.58. The van der Waals surface area contributed by atoms with Gasteiger partial charge in [-0.2, -0.15) is 0 Å². The molecule has 0 saturated heterocycles. The first-order chi connectivity index (χ1) is 14.1. The van der Waals surface area contributed by atoms with E-state index >= 15 is 0 Å². The van der Waals surface area contributed by atoms with E-state index in [0.29, 0.717) is 24.0 Å². The third-order valence-corrected chi connectivity index (χ3v) is 5.94. The lowest BCUT2D eigenvalue weighted by molar-refractivity contribution is 0.271. The number of thiophene rings is 1. The molecule has 4 heterocycles. The number of hydrogen-bond donors (Lipinski definition) is 0. The van der Waals surface area contributed by atoms with Crippen molar-refractivity contribution in [3.63, 3.8) is 0 Å². The molecule has 0 spiro atoms. The normalized spacial score (nSPS) is 11.4. The van der Waals surface area contributed by atoms with Gasteiger partial charge in [0.05, 0.1) is 12.5 Å². The quantitative estimate of drug-likeness (QED) is 0.417. The number of nitrogens with zero attached hydrogens (tertiary/aromatic N) is 4. The van der Waals surface area contributed by atoms with Crippen molar-refractivity contribution >= 4 is 27.2 Å². The van der Waals surface area contributed by atoms with Gasteiger partial charge in [-0.3, -0.25) is 0 Å². The van der Waals surface area contributed by atoms with E-state index in [0.717, 1.165) is 27.4 Å². The highest BCUT2D eigenvalue weighted by Crippen LogP contribution is 2.32. The fraction of sp³-hybridized carbons (Fsp3) is 0.190. The van der Waals surface area contributed by atoms with Crippen LogP contribution in [0.15, 0.2) is 47.1 Å². The summed E-state index contributed by atoms with van der Waals surface area (Å²) in [5.41, 5.74) is 1.98. The molecule has 29 heavy (non-hydrogen) atoms. The summed E-state index contributed by atoms with van der Waals surface area (Å²) < 4.78 is 18.5. The van der Waals surface area contributed by atoms with Gasteiger partial charge in [-0.15, -0.1) is 16.4 Å². The van der Waals surface area contributed by atoms with Crippen molar-refractivity contribution in [3.8, 4) is 23.1 Å². The van der Waals surface area contributed by atoms with E-state index < -0.39 is 0 Å². The molecular formula is C21H18N4O3S. The van der Waals surface area contributed by atoms with Gasteiger partial charge in [0.15, 0.2) is 11.4 Å². The standard InChI is InChI=1S/C21H18N4O3S/c1-12-13(2)29-21-18(12)20-23-19(24-25(20)11-22-21)17-9-8-16(28-17)10-27-15-6-4-14(26-3)5-7-15/h4-9,11H,10H2,1-3H3. The molecule has 0 amide bonds. The average Bonchev–Trinajstić information content (AvgIpc) is 3.44. The maximum Gasteiger partial charge on any atom is 0.217 e. The minimum Gasteiger partial charge on any atom is -0.497 e. The second-order valence-corrected chi connectivity index (χ2v) is 7.84. The molecule has 0 bridgehead atoms. The van der Waals surface area contributed by atoms with Gasteiger partial charge in [-0.1, -0.05) is 0 Å². The van der Waals surface area contributed by atoms with Crippen molar-refractivity contribution < 1.29 is 13.9 Å². The number of furan rings is 1. The van der Waals surface area contributed by atoms with Gasteiger partial charge in [-0.25, -0.2) is 14.5 Å². The second-order valence-electron chi connectivity index (χ2n) is 6.64. The smallest absolute Gasteiger partial charge is 0.217 e. The van der Waals surface area contributed by atoms with Crippen LogP contribution in [0.4, 0.5) is 0 Å². The lowest BCUT2D eigenvalue weighted by Gasteiger charge is -2.05. The summed E-state index contributed by atoms with van der Waals surface area (Å²) in [4.78, 5) is 11.4. The molecular weight excluding hydrogens is 388 g/mol. The molecule has 0 radical (unpaired) electrons. The Kier molecular flexibility index (Phi) is 4.21. The summed E-state index contributed by atoms with van der Waals surface area (Å²) in [6.45, 7) is 4.50. The Morgan fingerprint density at radius 2 is 1.86 bits per heavy atom. The zero-order chi connectivity index (χ0) is 20.0. The number of benzene rings is 1. The van der Waals surface area contributed by atoms with E-state index in [2.05, 4.69) is 23.9 Å². The number of fused-ring (bicyclic) bond motifs is 3. The van der Waals surface area contributed by atoms with Crippen LogP contribution in [0.5, 0.6) is 11.5 Å². The monoisotopic (exact) mass is 406 g/mol. The van der Waals surface area contributed by atoms with Crippen molar-refractivity contribution in [2.75, 3.05) is 7.11 Å². The van der Waals surface area contributed by atoms with Gasteiger partial charge in [0.1, 0.15) is 35.0 Å². The molecule has 0 N–H and O–H groups in total. The van der Waals surface area contributed by atoms with E-state index in [-0.39, 0.29) is 0 Å². The van der Waals surface area contributed by atoms with Crippen molar-refractivity contribution in [2.45, 2.75) is 20.5 Å². The van der Waals surface area contributed by atoms with Crippen LogP contribution in [0.3, 0.4) is 0 Å². The first-order valence-electron chi connectivity index (χ1n) is 9.09. The summed E-state index contributed by atoms with van der Waals surface area (Å²) in [7, 11) is 1.63. The Bertz CT molecular complexity index is 1320. The van der Waals surface area contributed by atoms with Gasteiger partial charge in [0.2, 0.25) is 5.82 Å². The number of ether oxygens (including phenoxy) is 2. The molecule has 146 valence electrons. The van der Waals surface area contributed by atoms with Gasteiger partial charge in [0, 0.05) is 4.88 Å². The predicted molar refractivity (Wildman–Crippen MR) is 111 cm³/mol. The van der Waals surface area contributed by atoms with Crippen molar-refractivity contribution in [1.82, 2.24) is 19.6 Å².